The molecule has 1 aliphatic rings. The number of nitrogens with one attached hydrogen (secondary N) is 1. The molecule has 0 amide bonds. The monoisotopic (exact) mass is 274 g/mol. The molecule has 1 saturated carbocycles. The molecule has 0 radical (unpaired) electrons. The topological polar surface area (TPSA) is 61.7 Å². The predicted octanol–water partition coefficient (Wildman–Crippen LogP) is 4.00. The minimum atomic E-state index is -0.911. The number of rotatable bonds is 3. The van der Waals surface area contributed by atoms with Crippen LogP contribution in [0, 0.1) is 11.3 Å². The van der Waals surface area contributed by atoms with Crippen molar-refractivity contribution in [1.29, 1.82) is 0 Å². The molecule has 1 aromatic carbocycles. The van der Waals surface area contributed by atoms with Crippen LogP contribution in [0.2, 0.25) is 0 Å². The summed E-state index contributed by atoms with van der Waals surface area (Å²) in [6.07, 6.45) is 3.28. The minimum absolute atomic E-state index is 0.288. The average molecular weight is 274 g/mol. The van der Waals surface area contributed by atoms with Gasteiger partial charge in [-0.1, -0.05) is 20.8 Å². The second-order valence-corrected chi connectivity index (χ2v) is 6.53. The lowest BCUT2D eigenvalue weighted by atomic mass is 9.72. The lowest BCUT2D eigenvalue weighted by Crippen LogP contribution is -2.28. The van der Waals surface area contributed by atoms with Crippen molar-refractivity contribution in [3.05, 3.63) is 29.8 Å². The second kappa shape index (κ2) is 5.65. The molecule has 1 aliphatic carbocycles. The van der Waals surface area contributed by atoms with Gasteiger partial charge in [0, 0.05) is 5.71 Å². The van der Waals surface area contributed by atoms with E-state index in [1.807, 2.05) is 0 Å². The van der Waals surface area contributed by atoms with E-state index in [2.05, 4.69) is 31.3 Å². The number of anilines is 1. The van der Waals surface area contributed by atoms with Crippen LogP contribution in [0.3, 0.4) is 0 Å². The number of nitrogens with zero attached hydrogens (tertiary/aromatic N) is 1. The van der Waals surface area contributed by atoms with Crippen molar-refractivity contribution in [3.8, 4) is 0 Å². The molecule has 2 N–H and O–H groups in total. The molecular formula is C16H22N2O2. The number of hydrogen-bond donors (Lipinski definition) is 2. The summed E-state index contributed by atoms with van der Waals surface area (Å²) in [4.78, 5) is 10.8. The first-order chi connectivity index (χ1) is 9.35. The first-order valence-corrected chi connectivity index (χ1v) is 7.00. The van der Waals surface area contributed by atoms with Crippen LogP contribution in [0.1, 0.15) is 50.4 Å². The Morgan fingerprint density at radius 3 is 2.55 bits per heavy atom. The van der Waals surface area contributed by atoms with Gasteiger partial charge in [0.2, 0.25) is 0 Å². The molecule has 1 atom stereocenters. The fourth-order valence-corrected chi connectivity index (χ4v) is 3.03. The molecule has 4 heteroatoms. The molecule has 4 nitrogen and oxygen atoms in total. The fraction of sp³-hybridized carbons (Fsp3) is 0.500. The van der Waals surface area contributed by atoms with Crippen molar-refractivity contribution in [2.45, 2.75) is 40.0 Å². The maximum Gasteiger partial charge on any atom is 0.335 e. The van der Waals surface area contributed by atoms with E-state index in [9.17, 15) is 4.79 Å². The lowest BCUT2D eigenvalue weighted by molar-refractivity contribution is 0.0697. The minimum Gasteiger partial charge on any atom is -0.478 e. The van der Waals surface area contributed by atoms with E-state index >= 15 is 0 Å². The number of aromatic carboxylic acids is 1. The molecular weight excluding hydrogens is 252 g/mol. The number of benzene rings is 1. The van der Waals surface area contributed by atoms with Crippen molar-refractivity contribution >= 4 is 17.4 Å². The summed E-state index contributed by atoms with van der Waals surface area (Å²) in [7, 11) is 0. The third-order valence-corrected chi connectivity index (χ3v) is 3.64. The van der Waals surface area contributed by atoms with Gasteiger partial charge in [0.05, 0.1) is 11.3 Å². The van der Waals surface area contributed by atoms with Crippen molar-refractivity contribution in [3.63, 3.8) is 0 Å². The quantitative estimate of drug-likeness (QED) is 0.819. The van der Waals surface area contributed by atoms with Crippen molar-refractivity contribution < 1.29 is 9.90 Å². The number of hydrogen-bond acceptors (Lipinski definition) is 3. The summed E-state index contributed by atoms with van der Waals surface area (Å²) >= 11 is 0. The van der Waals surface area contributed by atoms with Crippen LogP contribution < -0.4 is 5.43 Å². The normalized spacial score (nSPS) is 23.6. The van der Waals surface area contributed by atoms with Gasteiger partial charge in [-0.25, -0.2) is 4.79 Å². The van der Waals surface area contributed by atoms with Crippen LogP contribution in [0.25, 0.3) is 0 Å². The van der Waals surface area contributed by atoms with Crippen molar-refractivity contribution in [2.75, 3.05) is 5.43 Å². The Morgan fingerprint density at radius 2 is 2.00 bits per heavy atom. The lowest BCUT2D eigenvalue weighted by Gasteiger charge is -2.34. The van der Waals surface area contributed by atoms with Gasteiger partial charge in [-0.05, 0) is 54.9 Å². The Kier molecular flexibility index (Phi) is 4.12. The van der Waals surface area contributed by atoms with Crippen molar-refractivity contribution in [1.82, 2.24) is 0 Å². The molecule has 0 saturated heterocycles. The van der Waals surface area contributed by atoms with Gasteiger partial charge in [0.1, 0.15) is 0 Å². The van der Waals surface area contributed by atoms with Crippen LogP contribution >= 0.6 is 0 Å². The van der Waals surface area contributed by atoms with E-state index < -0.39 is 5.97 Å². The Bertz CT molecular complexity index is 518. The van der Waals surface area contributed by atoms with E-state index in [1.165, 1.54) is 12.1 Å². The SMILES string of the molecule is C[C@@H]1C/C(=N/Nc2ccc(C(=O)O)cc2)CC(C)(C)C1. The van der Waals surface area contributed by atoms with E-state index in [-0.39, 0.29) is 5.56 Å². The zero-order valence-corrected chi connectivity index (χ0v) is 12.3. The van der Waals surface area contributed by atoms with Crippen LogP contribution in [0.4, 0.5) is 5.69 Å². The Morgan fingerprint density at radius 1 is 1.35 bits per heavy atom. The summed E-state index contributed by atoms with van der Waals surface area (Å²) in [5.74, 6) is -0.251. The highest BCUT2D eigenvalue weighted by molar-refractivity contribution is 5.88. The smallest absolute Gasteiger partial charge is 0.335 e. The molecule has 20 heavy (non-hydrogen) atoms. The summed E-state index contributed by atoms with van der Waals surface area (Å²) in [6.45, 7) is 6.82. The molecule has 2 rings (SSSR count). The highest BCUT2D eigenvalue weighted by Gasteiger charge is 2.29. The van der Waals surface area contributed by atoms with Gasteiger partial charge in [-0.3, -0.25) is 5.43 Å². The van der Waals surface area contributed by atoms with Crippen LogP contribution in [0.5, 0.6) is 0 Å². The van der Waals surface area contributed by atoms with Gasteiger partial charge < -0.3 is 5.11 Å². The predicted molar refractivity (Wildman–Crippen MR) is 81.3 cm³/mol. The standard InChI is InChI=1S/C16H22N2O2/c1-11-8-14(10-16(2,3)9-11)18-17-13-6-4-12(5-7-13)15(19)20/h4-7,11,17H,8-10H2,1-3H3,(H,19,20)/b18-14-/t11-/m1/s1. The second-order valence-electron chi connectivity index (χ2n) is 6.53. The van der Waals surface area contributed by atoms with Gasteiger partial charge in [-0.15, -0.1) is 0 Å². The average Bonchev–Trinajstić information content (AvgIpc) is 2.34. The van der Waals surface area contributed by atoms with Crippen LogP contribution in [-0.2, 0) is 0 Å². The highest BCUT2D eigenvalue weighted by Crippen LogP contribution is 2.37. The van der Waals surface area contributed by atoms with E-state index in [0.29, 0.717) is 11.3 Å². The van der Waals surface area contributed by atoms with E-state index in [4.69, 9.17) is 5.11 Å². The van der Waals surface area contributed by atoms with Gasteiger partial charge in [0.15, 0.2) is 0 Å². The number of carboxylic acids is 1. The van der Waals surface area contributed by atoms with Gasteiger partial charge in [-0.2, -0.15) is 5.10 Å². The van der Waals surface area contributed by atoms with Gasteiger partial charge in [0.25, 0.3) is 0 Å². The van der Waals surface area contributed by atoms with E-state index in [1.54, 1.807) is 24.3 Å². The molecule has 1 fully saturated rings. The zero-order chi connectivity index (χ0) is 14.8. The van der Waals surface area contributed by atoms with Crippen LogP contribution in [0.15, 0.2) is 29.4 Å². The molecule has 1 aromatic rings. The fourth-order valence-electron chi connectivity index (χ4n) is 3.03. The summed E-state index contributed by atoms with van der Waals surface area (Å²) in [5.41, 5.74) is 5.64. The first-order valence-electron chi connectivity index (χ1n) is 7.00. The molecule has 0 spiro atoms. The molecule has 0 bridgehead atoms. The Labute approximate surface area is 119 Å². The van der Waals surface area contributed by atoms with E-state index in [0.717, 1.165) is 18.5 Å². The number of hydrazone groups is 1. The maximum atomic E-state index is 10.8. The Hall–Kier alpha value is -1.84. The molecule has 108 valence electrons. The third kappa shape index (κ3) is 3.83. The summed E-state index contributed by atoms with van der Waals surface area (Å²) in [5, 5.41) is 13.3. The Balaban J connectivity index is 2.03. The molecule has 0 aliphatic heterocycles. The zero-order valence-electron chi connectivity index (χ0n) is 12.3. The summed E-state index contributed by atoms with van der Waals surface area (Å²) < 4.78 is 0. The highest BCUT2D eigenvalue weighted by atomic mass is 16.4. The number of carboxylic acid groups (broad SMARTS) is 1. The third-order valence-electron chi connectivity index (χ3n) is 3.64. The first kappa shape index (κ1) is 14.6. The molecule has 0 aromatic heterocycles. The number of carbonyl (C=O) groups is 1. The molecule has 0 heterocycles. The summed E-state index contributed by atoms with van der Waals surface area (Å²) in [6, 6.07) is 6.65. The van der Waals surface area contributed by atoms with Crippen molar-refractivity contribution in [2.24, 2.45) is 16.4 Å². The largest absolute Gasteiger partial charge is 0.478 e. The maximum absolute atomic E-state index is 10.8. The van der Waals surface area contributed by atoms with Crippen LogP contribution in [-0.4, -0.2) is 16.8 Å². The van der Waals surface area contributed by atoms with Gasteiger partial charge >= 0.3 is 5.97 Å². The molecule has 0 unspecified atom stereocenters.